The number of ketones is 1. The molecule has 6 heteroatoms. The van der Waals surface area contributed by atoms with Gasteiger partial charge < -0.3 is 9.72 Å². The van der Waals surface area contributed by atoms with Crippen molar-refractivity contribution in [3.63, 3.8) is 0 Å². The largest absolute Gasteiger partial charge is 0.495 e. The normalized spacial score (nSPS) is 11.2. The number of H-pyrrole nitrogens is 1. The quantitative estimate of drug-likeness (QED) is 0.590. The third kappa shape index (κ3) is 2.93. The Balaban J connectivity index is 1.93. The van der Waals surface area contributed by atoms with E-state index < -0.39 is 0 Å². The Morgan fingerprint density at radius 2 is 2.17 bits per heavy atom. The van der Waals surface area contributed by atoms with Crippen LogP contribution in [-0.2, 0) is 0 Å². The van der Waals surface area contributed by atoms with E-state index in [9.17, 15) is 9.59 Å². The Morgan fingerprint density at radius 1 is 1.35 bits per heavy atom. The highest BCUT2D eigenvalue weighted by Crippen LogP contribution is 2.22. The van der Waals surface area contributed by atoms with Crippen LogP contribution in [0.15, 0.2) is 40.6 Å². The second kappa shape index (κ2) is 6.18. The van der Waals surface area contributed by atoms with E-state index in [1.165, 1.54) is 17.4 Å². The van der Waals surface area contributed by atoms with E-state index in [2.05, 4.69) is 9.97 Å². The number of carbonyl (C=O) groups is 1. The summed E-state index contributed by atoms with van der Waals surface area (Å²) in [6.07, 6.45) is 4.52. The van der Waals surface area contributed by atoms with Crippen molar-refractivity contribution in [2.24, 2.45) is 0 Å². The van der Waals surface area contributed by atoms with Crippen LogP contribution in [0.1, 0.15) is 21.6 Å². The van der Waals surface area contributed by atoms with Crippen LogP contribution in [0.2, 0.25) is 0 Å². The van der Waals surface area contributed by atoms with Crippen LogP contribution in [-0.4, -0.2) is 22.9 Å². The van der Waals surface area contributed by atoms with Crippen LogP contribution < -0.4 is 10.3 Å². The van der Waals surface area contributed by atoms with E-state index in [0.29, 0.717) is 17.0 Å². The number of aromatic nitrogens is 2. The summed E-state index contributed by atoms with van der Waals surface area (Å²) in [6, 6.07) is 5.39. The minimum atomic E-state index is -0.366. The molecule has 116 valence electrons. The van der Waals surface area contributed by atoms with Crippen molar-refractivity contribution in [2.75, 3.05) is 7.11 Å². The molecular weight excluding hydrogens is 312 g/mol. The van der Waals surface area contributed by atoms with Gasteiger partial charge in [0, 0.05) is 5.39 Å². The number of thiophene rings is 1. The SMILES string of the molecule is COc1ccc(C=CC(=O)c2c(C)c3ccsc3[nH]c2=O)nc1. The Labute approximate surface area is 136 Å². The first kappa shape index (κ1) is 15.2. The lowest BCUT2D eigenvalue weighted by Gasteiger charge is -2.03. The monoisotopic (exact) mass is 326 g/mol. The fraction of sp³-hybridized carbons (Fsp3) is 0.118. The standard InChI is InChI=1S/C17H14N2O3S/c1-10-13-7-8-23-17(13)19-16(21)15(10)14(20)6-4-11-3-5-12(22-2)9-18-11/h3-9H,1-2H3,(H,19,21). The van der Waals surface area contributed by atoms with Gasteiger partial charge >= 0.3 is 0 Å². The first-order valence-electron chi connectivity index (χ1n) is 6.92. The summed E-state index contributed by atoms with van der Waals surface area (Å²) in [7, 11) is 1.56. The van der Waals surface area contributed by atoms with Gasteiger partial charge in [0.05, 0.1) is 24.6 Å². The highest BCUT2D eigenvalue weighted by molar-refractivity contribution is 7.16. The van der Waals surface area contributed by atoms with Crippen molar-refractivity contribution in [3.8, 4) is 5.75 Å². The molecule has 0 aliphatic rings. The molecule has 1 N–H and O–H groups in total. The third-order valence-corrected chi connectivity index (χ3v) is 4.37. The van der Waals surface area contributed by atoms with Crippen LogP contribution in [0.3, 0.4) is 0 Å². The molecule has 0 radical (unpaired) electrons. The predicted octanol–water partition coefficient (Wildman–Crippen LogP) is 3.20. The summed E-state index contributed by atoms with van der Waals surface area (Å²) in [5.74, 6) is 0.304. The molecule has 0 aliphatic carbocycles. The Bertz CT molecular complexity index is 952. The van der Waals surface area contributed by atoms with Crippen LogP contribution >= 0.6 is 11.3 Å². The number of carbonyl (C=O) groups excluding carboxylic acids is 1. The first-order valence-corrected chi connectivity index (χ1v) is 7.80. The molecule has 3 rings (SSSR count). The maximum Gasteiger partial charge on any atom is 0.260 e. The molecule has 0 saturated heterocycles. The van der Waals surface area contributed by atoms with E-state index in [-0.39, 0.29) is 16.9 Å². The van der Waals surface area contributed by atoms with E-state index in [0.717, 1.165) is 10.2 Å². The van der Waals surface area contributed by atoms with Crippen molar-refractivity contribution < 1.29 is 9.53 Å². The molecule has 3 heterocycles. The molecule has 0 unspecified atom stereocenters. The van der Waals surface area contributed by atoms with Crippen molar-refractivity contribution in [3.05, 3.63) is 63.0 Å². The molecule has 5 nitrogen and oxygen atoms in total. The van der Waals surface area contributed by atoms with Gasteiger partial charge in [-0.25, -0.2) is 0 Å². The smallest absolute Gasteiger partial charge is 0.260 e. The van der Waals surface area contributed by atoms with Crippen molar-refractivity contribution >= 4 is 33.4 Å². The molecule has 3 aromatic heterocycles. The maximum absolute atomic E-state index is 12.4. The number of rotatable bonds is 4. The zero-order valence-corrected chi connectivity index (χ0v) is 13.4. The van der Waals surface area contributed by atoms with Crippen molar-refractivity contribution in [2.45, 2.75) is 6.92 Å². The highest BCUT2D eigenvalue weighted by atomic mass is 32.1. The average molecular weight is 326 g/mol. The lowest BCUT2D eigenvalue weighted by Crippen LogP contribution is -2.18. The number of allylic oxidation sites excluding steroid dienone is 1. The summed E-state index contributed by atoms with van der Waals surface area (Å²) in [5, 5.41) is 2.79. The van der Waals surface area contributed by atoms with Gasteiger partial charge in [0.2, 0.25) is 0 Å². The maximum atomic E-state index is 12.4. The number of aryl methyl sites for hydroxylation is 1. The van der Waals surface area contributed by atoms with Gasteiger partial charge in [-0.3, -0.25) is 14.6 Å². The Morgan fingerprint density at radius 3 is 2.87 bits per heavy atom. The molecule has 0 aromatic carbocycles. The lowest BCUT2D eigenvalue weighted by molar-refractivity contribution is 0.104. The van der Waals surface area contributed by atoms with Crippen LogP contribution in [0.5, 0.6) is 5.75 Å². The fourth-order valence-electron chi connectivity index (χ4n) is 2.32. The van der Waals surface area contributed by atoms with Gasteiger partial charge in [-0.2, -0.15) is 0 Å². The van der Waals surface area contributed by atoms with E-state index in [4.69, 9.17) is 4.74 Å². The van der Waals surface area contributed by atoms with Crippen molar-refractivity contribution in [1.29, 1.82) is 0 Å². The lowest BCUT2D eigenvalue weighted by atomic mass is 10.0. The zero-order chi connectivity index (χ0) is 16.4. The van der Waals surface area contributed by atoms with E-state index in [1.54, 1.807) is 38.4 Å². The van der Waals surface area contributed by atoms with E-state index in [1.807, 2.05) is 11.4 Å². The molecule has 3 aromatic rings. The third-order valence-electron chi connectivity index (χ3n) is 3.55. The summed E-state index contributed by atoms with van der Waals surface area (Å²) >= 11 is 1.44. The van der Waals surface area contributed by atoms with Crippen LogP contribution in [0, 0.1) is 6.92 Å². The summed E-state index contributed by atoms with van der Waals surface area (Å²) in [6.45, 7) is 1.79. The van der Waals surface area contributed by atoms with Gasteiger partial charge in [0.15, 0.2) is 5.78 Å². The predicted molar refractivity (Wildman–Crippen MR) is 91.3 cm³/mol. The number of aromatic amines is 1. The number of nitrogens with one attached hydrogen (secondary N) is 1. The molecule has 0 amide bonds. The number of pyridine rings is 2. The molecule has 0 fully saturated rings. The van der Waals surface area contributed by atoms with E-state index >= 15 is 0 Å². The molecule has 0 bridgehead atoms. The molecule has 0 spiro atoms. The summed E-state index contributed by atoms with van der Waals surface area (Å²) < 4.78 is 5.03. The average Bonchev–Trinajstić information content (AvgIpc) is 3.02. The molecular formula is C17H14N2O3S. The number of hydrogen-bond acceptors (Lipinski definition) is 5. The molecule has 23 heavy (non-hydrogen) atoms. The van der Waals surface area contributed by atoms with Crippen LogP contribution in [0.4, 0.5) is 0 Å². The molecule has 0 atom stereocenters. The van der Waals surface area contributed by atoms with Crippen molar-refractivity contribution in [1.82, 2.24) is 9.97 Å². The topological polar surface area (TPSA) is 72.1 Å². The first-order chi connectivity index (χ1) is 11.1. The Hall–Kier alpha value is -2.73. The number of fused-ring (bicyclic) bond motifs is 1. The van der Waals surface area contributed by atoms with Gasteiger partial charge in [-0.15, -0.1) is 11.3 Å². The fourth-order valence-corrected chi connectivity index (χ4v) is 3.16. The molecule has 0 aliphatic heterocycles. The highest BCUT2D eigenvalue weighted by Gasteiger charge is 2.15. The second-order valence-corrected chi connectivity index (χ2v) is 5.85. The minimum absolute atomic E-state index is 0.167. The number of ether oxygens (including phenoxy) is 1. The van der Waals surface area contributed by atoms with Crippen LogP contribution in [0.25, 0.3) is 16.3 Å². The summed E-state index contributed by atoms with van der Waals surface area (Å²) in [5.41, 5.74) is 1.11. The summed E-state index contributed by atoms with van der Waals surface area (Å²) in [4.78, 5) is 32.2. The number of hydrogen-bond donors (Lipinski definition) is 1. The Kier molecular flexibility index (Phi) is 4.08. The minimum Gasteiger partial charge on any atom is -0.495 e. The second-order valence-electron chi connectivity index (χ2n) is 4.94. The van der Waals surface area contributed by atoms with Gasteiger partial charge in [0.1, 0.15) is 10.6 Å². The van der Waals surface area contributed by atoms with Gasteiger partial charge in [-0.05, 0) is 48.2 Å². The van der Waals surface area contributed by atoms with Gasteiger partial charge in [-0.1, -0.05) is 0 Å². The number of nitrogens with zero attached hydrogens (tertiary/aromatic N) is 1. The molecule has 0 saturated carbocycles. The zero-order valence-electron chi connectivity index (χ0n) is 12.6. The van der Waals surface area contributed by atoms with Gasteiger partial charge in [0.25, 0.3) is 5.56 Å². The number of methoxy groups -OCH3 is 1.